The molecule has 0 saturated heterocycles. The summed E-state index contributed by atoms with van der Waals surface area (Å²) in [4.78, 5) is 11.5. The highest BCUT2D eigenvalue weighted by molar-refractivity contribution is 7.89. The number of hydrogen-bond acceptors (Lipinski definition) is 5. The molecular formula is C14H22N2O4S. The fourth-order valence-corrected chi connectivity index (χ4v) is 3.21. The Hall–Kier alpha value is -1.44. The standard InChI is InChI=1S/C14H22N2O4S/c1-5-16(10-14(17)20-4)21(18,19)13-8-6-12(7-9-13)11(2)15-3/h6-9,11,15H,5,10H2,1-4H3. The predicted molar refractivity (Wildman–Crippen MR) is 80.4 cm³/mol. The van der Waals surface area contributed by atoms with E-state index >= 15 is 0 Å². The van der Waals surface area contributed by atoms with E-state index in [9.17, 15) is 13.2 Å². The predicted octanol–water partition coefficient (Wildman–Crippen LogP) is 1.15. The van der Waals surface area contributed by atoms with Crippen LogP contribution in [-0.4, -0.2) is 45.9 Å². The Morgan fingerprint density at radius 1 is 1.33 bits per heavy atom. The van der Waals surface area contributed by atoms with Gasteiger partial charge < -0.3 is 10.1 Å². The number of sulfonamides is 1. The molecule has 0 heterocycles. The van der Waals surface area contributed by atoms with Gasteiger partial charge in [-0.15, -0.1) is 0 Å². The van der Waals surface area contributed by atoms with Gasteiger partial charge in [0.1, 0.15) is 6.54 Å². The maximum absolute atomic E-state index is 12.5. The number of likely N-dealkylation sites (N-methyl/N-ethyl adjacent to an activating group) is 1. The van der Waals surface area contributed by atoms with Gasteiger partial charge in [-0.2, -0.15) is 4.31 Å². The third-order valence-electron chi connectivity index (χ3n) is 3.34. The average Bonchev–Trinajstić information content (AvgIpc) is 2.51. The zero-order valence-corrected chi connectivity index (χ0v) is 13.6. The Morgan fingerprint density at radius 3 is 2.33 bits per heavy atom. The average molecular weight is 314 g/mol. The first-order chi connectivity index (χ1) is 9.86. The number of ether oxygens (including phenoxy) is 1. The normalized spacial score (nSPS) is 13.2. The molecule has 21 heavy (non-hydrogen) atoms. The summed E-state index contributed by atoms with van der Waals surface area (Å²) in [6, 6.07) is 6.77. The van der Waals surface area contributed by atoms with Crippen LogP contribution in [0.2, 0.25) is 0 Å². The van der Waals surface area contributed by atoms with Crippen LogP contribution in [0, 0.1) is 0 Å². The van der Waals surface area contributed by atoms with Crippen LogP contribution in [-0.2, 0) is 19.6 Å². The lowest BCUT2D eigenvalue weighted by molar-refractivity contribution is -0.140. The topological polar surface area (TPSA) is 75.7 Å². The van der Waals surface area contributed by atoms with Crippen molar-refractivity contribution in [1.82, 2.24) is 9.62 Å². The zero-order chi connectivity index (χ0) is 16.0. The van der Waals surface area contributed by atoms with Crippen molar-refractivity contribution in [2.45, 2.75) is 24.8 Å². The Morgan fingerprint density at radius 2 is 1.90 bits per heavy atom. The van der Waals surface area contributed by atoms with Gasteiger partial charge in [-0.3, -0.25) is 4.79 Å². The molecule has 0 radical (unpaired) electrons. The molecule has 1 unspecified atom stereocenters. The minimum Gasteiger partial charge on any atom is -0.468 e. The molecule has 0 fully saturated rings. The van der Waals surface area contributed by atoms with Crippen molar-refractivity contribution < 1.29 is 17.9 Å². The minimum atomic E-state index is -3.69. The zero-order valence-electron chi connectivity index (χ0n) is 12.8. The van der Waals surface area contributed by atoms with E-state index in [1.807, 2.05) is 14.0 Å². The van der Waals surface area contributed by atoms with Gasteiger partial charge >= 0.3 is 5.97 Å². The lowest BCUT2D eigenvalue weighted by Gasteiger charge is -2.19. The number of methoxy groups -OCH3 is 1. The molecule has 0 saturated carbocycles. The van der Waals surface area contributed by atoms with Crippen LogP contribution in [0.5, 0.6) is 0 Å². The van der Waals surface area contributed by atoms with Crippen LogP contribution >= 0.6 is 0 Å². The summed E-state index contributed by atoms with van der Waals surface area (Å²) >= 11 is 0. The number of nitrogens with one attached hydrogen (secondary N) is 1. The van der Waals surface area contributed by atoms with Crippen molar-refractivity contribution >= 4 is 16.0 Å². The fraction of sp³-hybridized carbons (Fsp3) is 0.500. The van der Waals surface area contributed by atoms with E-state index in [1.54, 1.807) is 31.2 Å². The summed E-state index contributed by atoms with van der Waals surface area (Å²) in [5, 5.41) is 3.09. The van der Waals surface area contributed by atoms with E-state index in [1.165, 1.54) is 7.11 Å². The van der Waals surface area contributed by atoms with E-state index in [2.05, 4.69) is 10.1 Å². The number of carbonyl (C=O) groups is 1. The van der Waals surface area contributed by atoms with Crippen LogP contribution in [0.4, 0.5) is 0 Å². The quantitative estimate of drug-likeness (QED) is 0.764. The van der Waals surface area contributed by atoms with Crippen molar-refractivity contribution in [2.75, 3.05) is 27.2 Å². The number of hydrogen-bond donors (Lipinski definition) is 1. The van der Waals surface area contributed by atoms with Crippen molar-refractivity contribution in [3.63, 3.8) is 0 Å². The molecule has 1 aromatic rings. The van der Waals surface area contributed by atoms with E-state index < -0.39 is 16.0 Å². The van der Waals surface area contributed by atoms with Crippen LogP contribution in [0.25, 0.3) is 0 Å². The molecule has 1 rings (SSSR count). The van der Waals surface area contributed by atoms with Gasteiger partial charge in [-0.05, 0) is 31.7 Å². The largest absolute Gasteiger partial charge is 0.468 e. The maximum atomic E-state index is 12.5. The van der Waals surface area contributed by atoms with E-state index in [4.69, 9.17) is 0 Å². The van der Waals surface area contributed by atoms with Gasteiger partial charge in [-0.25, -0.2) is 8.42 Å². The first-order valence-electron chi connectivity index (χ1n) is 6.71. The Labute approximate surface area is 126 Å². The van der Waals surface area contributed by atoms with Crippen molar-refractivity contribution in [3.8, 4) is 0 Å². The molecule has 7 heteroatoms. The molecule has 6 nitrogen and oxygen atoms in total. The summed E-state index contributed by atoms with van der Waals surface area (Å²) in [5.74, 6) is -0.583. The van der Waals surface area contributed by atoms with Crippen LogP contribution < -0.4 is 5.32 Å². The highest BCUT2D eigenvalue weighted by Crippen LogP contribution is 2.19. The number of carbonyl (C=O) groups excluding carboxylic acids is 1. The molecular weight excluding hydrogens is 292 g/mol. The molecule has 0 spiro atoms. The van der Waals surface area contributed by atoms with Crippen molar-refractivity contribution in [1.29, 1.82) is 0 Å². The van der Waals surface area contributed by atoms with Gasteiger partial charge in [0.05, 0.1) is 12.0 Å². The van der Waals surface area contributed by atoms with Gasteiger partial charge in [-0.1, -0.05) is 19.1 Å². The minimum absolute atomic E-state index is 0.138. The highest BCUT2D eigenvalue weighted by atomic mass is 32.2. The molecule has 0 aromatic heterocycles. The Bertz CT molecular complexity index is 569. The number of nitrogens with zero attached hydrogens (tertiary/aromatic N) is 1. The summed E-state index contributed by atoms with van der Waals surface area (Å²) in [5.41, 5.74) is 0.993. The number of esters is 1. The summed E-state index contributed by atoms with van der Waals surface area (Å²) in [6.07, 6.45) is 0. The second-order valence-electron chi connectivity index (χ2n) is 4.59. The SMILES string of the molecule is CCN(CC(=O)OC)S(=O)(=O)c1ccc(C(C)NC)cc1. The van der Waals surface area contributed by atoms with E-state index in [0.29, 0.717) is 0 Å². The first-order valence-corrected chi connectivity index (χ1v) is 8.15. The van der Waals surface area contributed by atoms with Crippen LogP contribution in [0.1, 0.15) is 25.5 Å². The Kier molecular flexibility index (Phi) is 6.32. The number of rotatable bonds is 7. The molecule has 0 bridgehead atoms. The maximum Gasteiger partial charge on any atom is 0.321 e. The molecule has 1 N–H and O–H groups in total. The molecule has 1 atom stereocenters. The Balaban J connectivity index is 3.03. The van der Waals surface area contributed by atoms with Gasteiger partial charge in [0.15, 0.2) is 0 Å². The molecule has 0 aliphatic carbocycles. The van der Waals surface area contributed by atoms with Crippen LogP contribution in [0.3, 0.4) is 0 Å². The lowest BCUT2D eigenvalue weighted by Crippen LogP contribution is -2.36. The third kappa shape index (κ3) is 4.26. The second kappa shape index (κ2) is 7.53. The third-order valence-corrected chi connectivity index (χ3v) is 5.27. The van der Waals surface area contributed by atoms with E-state index in [-0.39, 0.29) is 24.0 Å². The summed E-state index contributed by atoms with van der Waals surface area (Å²) in [7, 11) is -0.623. The lowest BCUT2D eigenvalue weighted by atomic mass is 10.1. The smallest absolute Gasteiger partial charge is 0.321 e. The van der Waals surface area contributed by atoms with E-state index in [0.717, 1.165) is 9.87 Å². The molecule has 1 aromatic carbocycles. The van der Waals surface area contributed by atoms with Crippen molar-refractivity contribution in [2.24, 2.45) is 0 Å². The van der Waals surface area contributed by atoms with Gasteiger partial charge in [0.25, 0.3) is 0 Å². The van der Waals surface area contributed by atoms with Crippen molar-refractivity contribution in [3.05, 3.63) is 29.8 Å². The fourth-order valence-electron chi connectivity index (χ4n) is 1.82. The second-order valence-corrected chi connectivity index (χ2v) is 6.52. The molecule has 0 amide bonds. The molecule has 0 aliphatic heterocycles. The van der Waals surface area contributed by atoms with Gasteiger partial charge in [0.2, 0.25) is 10.0 Å². The van der Waals surface area contributed by atoms with Gasteiger partial charge in [0, 0.05) is 12.6 Å². The molecule has 0 aliphatic rings. The van der Waals surface area contributed by atoms with Crippen LogP contribution in [0.15, 0.2) is 29.2 Å². The number of benzene rings is 1. The molecule has 118 valence electrons. The summed E-state index contributed by atoms with van der Waals surface area (Å²) in [6.45, 7) is 3.58. The monoisotopic (exact) mass is 314 g/mol. The summed E-state index contributed by atoms with van der Waals surface area (Å²) < 4.78 is 30.6. The highest BCUT2D eigenvalue weighted by Gasteiger charge is 2.25. The first kappa shape index (κ1) is 17.6.